The maximum absolute atomic E-state index is 12.4. The first-order valence-corrected chi connectivity index (χ1v) is 6.85. The highest BCUT2D eigenvalue weighted by molar-refractivity contribution is 5.98. The zero-order chi connectivity index (χ0) is 15.9. The molecule has 2 atom stereocenters. The van der Waals surface area contributed by atoms with Gasteiger partial charge in [0.05, 0.1) is 12.4 Å². The summed E-state index contributed by atoms with van der Waals surface area (Å²) in [5.74, 6) is 4.36. The molecule has 22 heavy (non-hydrogen) atoms. The number of amides is 4. The van der Waals surface area contributed by atoms with Gasteiger partial charge in [0.25, 0.3) is 11.8 Å². The van der Waals surface area contributed by atoms with E-state index in [0.717, 1.165) is 0 Å². The number of fused-ring (bicyclic) bond motifs is 2. The van der Waals surface area contributed by atoms with Crippen LogP contribution < -0.4 is 5.84 Å². The van der Waals surface area contributed by atoms with Crippen LogP contribution in [0.25, 0.3) is 0 Å². The van der Waals surface area contributed by atoms with Gasteiger partial charge in [-0.2, -0.15) is 0 Å². The molecule has 2 bridgehead atoms. The molecule has 4 amide bonds. The average molecular weight is 308 g/mol. The highest BCUT2D eigenvalue weighted by Crippen LogP contribution is 2.29. The Labute approximate surface area is 125 Å². The number of nitrogens with zero attached hydrogens (tertiary/aromatic N) is 5. The largest absolute Gasteiger partial charge is 0.344 e. The minimum atomic E-state index is -0.822. The Balaban J connectivity index is 1.68. The Bertz CT molecular complexity index is 603. The van der Waals surface area contributed by atoms with Gasteiger partial charge in [-0.15, -0.1) is 0 Å². The maximum atomic E-state index is 12.4. The molecule has 1 aromatic rings. The third-order valence-corrected chi connectivity index (χ3v) is 4.01. The van der Waals surface area contributed by atoms with E-state index in [2.05, 4.69) is 4.98 Å². The van der Waals surface area contributed by atoms with Crippen molar-refractivity contribution in [2.45, 2.75) is 31.5 Å². The number of rotatable bonds is 3. The minimum Gasteiger partial charge on any atom is -0.328 e. The van der Waals surface area contributed by atoms with Gasteiger partial charge < -0.3 is 9.47 Å². The van der Waals surface area contributed by atoms with Crippen LogP contribution in [0.1, 0.15) is 12.8 Å². The molecule has 0 unspecified atom stereocenters. The fourth-order valence-corrected chi connectivity index (χ4v) is 2.80. The van der Waals surface area contributed by atoms with Crippen molar-refractivity contribution in [3.63, 3.8) is 0 Å². The predicted molar refractivity (Wildman–Crippen MR) is 70.8 cm³/mol. The molecule has 0 aromatic carbocycles. The number of hydrogen-bond donors (Lipinski definition) is 2. The van der Waals surface area contributed by atoms with Gasteiger partial charge in [0.1, 0.15) is 12.6 Å². The van der Waals surface area contributed by atoms with Gasteiger partial charge in [0.15, 0.2) is 0 Å². The molecule has 2 aliphatic heterocycles. The molecular formula is C12H16N6O4. The number of hydrogen-bond acceptors (Lipinski definition) is 6. The Hall–Kier alpha value is -2.46. The third-order valence-electron chi connectivity index (χ3n) is 4.01. The molecule has 2 aliphatic rings. The summed E-state index contributed by atoms with van der Waals surface area (Å²) in [5, 5.41) is 10.8. The predicted octanol–water partition coefficient (Wildman–Crippen LogP) is -1.23. The van der Waals surface area contributed by atoms with Crippen LogP contribution in [0.3, 0.4) is 0 Å². The summed E-state index contributed by atoms with van der Waals surface area (Å²) in [4.78, 5) is 41.3. The van der Waals surface area contributed by atoms with Crippen molar-refractivity contribution >= 4 is 17.8 Å². The number of imide groups is 1. The molecule has 118 valence electrons. The van der Waals surface area contributed by atoms with Crippen molar-refractivity contribution in [2.75, 3.05) is 6.54 Å². The van der Waals surface area contributed by atoms with Crippen molar-refractivity contribution < 1.29 is 19.6 Å². The normalized spacial score (nSPS) is 23.8. The third kappa shape index (κ3) is 2.31. The van der Waals surface area contributed by atoms with E-state index < -0.39 is 23.9 Å². The van der Waals surface area contributed by atoms with E-state index in [9.17, 15) is 19.6 Å². The quantitative estimate of drug-likeness (QED) is 0.312. The highest BCUT2D eigenvalue weighted by atomic mass is 16.5. The second-order valence-corrected chi connectivity index (χ2v) is 5.36. The summed E-state index contributed by atoms with van der Waals surface area (Å²) in [6, 6.07) is -1.75. The van der Waals surface area contributed by atoms with Crippen molar-refractivity contribution in [1.29, 1.82) is 0 Å². The van der Waals surface area contributed by atoms with Gasteiger partial charge in [0.2, 0.25) is 0 Å². The van der Waals surface area contributed by atoms with Crippen molar-refractivity contribution in [3.05, 3.63) is 18.7 Å². The lowest BCUT2D eigenvalue weighted by Gasteiger charge is -2.31. The molecule has 3 heterocycles. The first-order chi connectivity index (χ1) is 10.5. The Morgan fingerprint density at radius 2 is 2.23 bits per heavy atom. The van der Waals surface area contributed by atoms with Crippen LogP contribution >= 0.6 is 0 Å². The van der Waals surface area contributed by atoms with Gasteiger partial charge in [-0.1, -0.05) is 0 Å². The van der Waals surface area contributed by atoms with Crippen LogP contribution in [0.4, 0.5) is 4.79 Å². The second kappa shape index (κ2) is 5.39. The fraction of sp³-hybridized carbons (Fsp3) is 0.500. The first-order valence-electron chi connectivity index (χ1n) is 6.85. The number of hydrazine groups is 1. The molecule has 2 saturated heterocycles. The zero-order valence-electron chi connectivity index (χ0n) is 11.7. The molecule has 10 nitrogen and oxygen atoms in total. The molecule has 0 spiro atoms. The van der Waals surface area contributed by atoms with Gasteiger partial charge in [-0.25, -0.2) is 25.7 Å². The Morgan fingerprint density at radius 3 is 2.91 bits per heavy atom. The van der Waals surface area contributed by atoms with Gasteiger partial charge >= 0.3 is 6.03 Å². The molecule has 3 N–H and O–H groups in total. The number of nitrogens with two attached hydrogens (primary N) is 1. The summed E-state index contributed by atoms with van der Waals surface area (Å²) in [6.45, 7) is 0.146. The van der Waals surface area contributed by atoms with Crippen LogP contribution in [-0.2, 0) is 16.1 Å². The van der Waals surface area contributed by atoms with Gasteiger partial charge in [0, 0.05) is 18.9 Å². The SMILES string of the molecule is NN(C(=O)Cn1ccnc1)C(=O)[C@@H]1CC[C@@H]2CN1C(=O)N2O. The molecule has 3 rings (SSSR count). The van der Waals surface area contributed by atoms with E-state index in [1.807, 2.05) is 0 Å². The molecule has 10 heteroatoms. The monoisotopic (exact) mass is 308 g/mol. The van der Waals surface area contributed by atoms with Crippen molar-refractivity contribution in [3.8, 4) is 0 Å². The number of hydroxylamine groups is 2. The summed E-state index contributed by atoms with van der Waals surface area (Å²) >= 11 is 0. The van der Waals surface area contributed by atoms with Crippen LogP contribution in [0.2, 0.25) is 0 Å². The standard InChI is InChI=1S/C12H16N6O4/c13-17(10(19)6-15-4-3-14-7-15)11(20)9-2-1-8-5-16(9)12(21)18(8)22/h3-4,7-9,22H,1-2,5-6,13H2/t8-,9+/m1/s1. The van der Waals surface area contributed by atoms with Crippen LogP contribution in [0.15, 0.2) is 18.7 Å². The topological polar surface area (TPSA) is 125 Å². The maximum Gasteiger partial charge on any atom is 0.344 e. The van der Waals surface area contributed by atoms with E-state index >= 15 is 0 Å². The number of aromatic nitrogens is 2. The fourth-order valence-electron chi connectivity index (χ4n) is 2.80. The lowest BCUT2D eigenvalue weighted by atomic mass is 10.00. The molecule has 1 aromatic heterocycles. The second-order valence-electron chi connectivity index (χ2n) is 5.36. The Morgan fingerprint density at radius 1 is 1.45 bits per heavy atom. The van der Waals surface area contributed by atoms with E-state index in [-0.39, 0.29) is 19.1 Å². The zero-order valence-corrected chi connectivity index (χ0v) is 11.7. The lowest BCUT2D eigenvalue weighted by molar-refractivity contribution is -0.149. The van der Waals surface area contributed by atoms with E-state index in [0.29, 0.717) is 22.9 Å². The van der Waals surface area contributed by atoms with Crippen LogP contribution in [0.5, 0.6) is 0 Å². The van der Waals surface area contributed by atoms with E-state index in [1.165, 1.54) is 22.0 Å². The summed E-state index contributed by atoms with van der Waals surface area (Å²) in [6.07, 6.45) is 5.37. The van der Waals surface area contributed by atoms with Gasteiger partial charge in [-0.3, -0.25) is 14.8 Å². The van der Waals surface area contributed by atoms with Crippen LogP contribution in [0, 0.1) is 0 Å². The number of piperidine rings is 1. The van der Waals surface area contributed by atoms with Crippen molar-refractivity contribution in [2.24, 2.45) is 5.84 Å². The van der Waals surface area contributed by atoms with Crippen LogP contribution in [-0.4, -0.2) is 66.2 Å². The highest BCUT2D eigenvalue weighted by Gasteiger charge is 2.48. The first kappa shape index (κ1) is 14.5. The molecule has 0 radical (unpaired) electrons. The average Bonchev–Trinajstić information content (AvgIpc) is 3.10. The molecule has 0 aliphatic carbocycles. The Kier molecular flexibility index (Phi) is 3.54. The summed E-state index contributed by atoms with van der Waals surface area (Å²) in [7, 11) is 0. The van der Waals surface area contributed by atoms with E-state index in [4.69, 9.17) is 5.84 Å². The summed E-state index contributed by atoms with van der Waals surface area (Å²) in [5.41, 5.74) is 0. The lowest BCUT2D eigenvalue weighted by Crippen LogP contribution is -2.55. The van der Waals surface area contributed by atoms with Crippen molar-refractivity contribution in [1.82, 2.24) is 24.5 Å². The number of imidazole rings is 1. The minimum absolute atomic E-state index is 0.113. The van der Waals surface area contributed by atoms with Gasteiger partial charge in [-0.05, 0) is 12.8 Å². The number of carbonyl (C=O) groups excluding carboxylic acids is 3. The number of carbonyl (C=O) groups is 3. The molecule has 2 fully saturated rings. The molecular weight excluding hydrogens is 292 g/mol. The van der Waals surface area contributed by atoms with E-state index in [1.54, 1.807) is 6.20 Å². The molecule has 0 saturated carbocycles. The summed E-state index contributed by atoms with van der Waals surface area (Å²) < 4.78 is 1.49. The number of urea groups is 1. The smallest absolute Gasteiger partial charge is 0.328 e.